The van der Waals surface area contributed by atoms with Gasteiger partial charge in [-0.3, -0.25) is 0 Å². The predicted octanol–water partition coefficient (Wildman–Crippen LogP) is 1.78. The molecule has 0 atom stereocenters. The number of anilines is 2. The van der Waals surface area contributed by atoms with Crippen molar-refractivity contribution in [3.63, 3.8) is 0 Å². The van der Waals surface area contributed by atoms with Crippen molar-refractivity contribution in [1.29, 1.82) is 0 Å². The number of nitrogens with zero attached hydrogens (tertiary/aromatic N) is 2. The molecular weight excluding hydrogens is 242 g/mol. The SMILES string of the molecule is COCC(C)(C)Nc1nc(C2CC2)nc(NN)c1C. The highest BCUT2D eigenvalue weighted by Crippen LogP contribution is 2.39. The summed E-state index contributed by atoms with van der Waals surface area (Å²) < 4.78 is 5.22. The van der Waals surface area contributed by atoms with Crippen LogP contribution in [-0.4, -0.2) is 29.2 Å². The summed E-state index contributed by atoms with van der Waals surface area (Å²) in [6.07, 6.45) is 2.32. The Kier molecular flexibility index (Phi) is 3.91. The molecule has 1 aliphatic rings. The van der Waals surface area contributed by atoms with E-state index in [1.54, 1.807) is 7.11 Å². The summed E-state index contributed by atoms with van der Waals surface area (Å²) >= 11 is 0. The zero-order chi connectivity index (χ0) is 14.0. The number of aromatic nitrogens is 2. The normalized spacial score (nSPS) is 15.4. The Hall–Kier alpha value is -1.40. The molecule has 19 heavy (non-hydrogen) atoms. The lowest BCUT2D eigenvalue weighted by Crippen LogP contribution is -2.36. The third-order valence-electron chi connectivity index (χ3n) is 3.20. The van der Waals surface area contributed by atoms with Crippen LogP contribution in [0.15, 0.2) is 0 Å². The van der Waals surface area contributed by atoms with Crippen molar-refractivity contribution < 1.29 is 4.74 Å². The Morgan fingerprint density at radius 2 is 1.95 bits per heavy atom. The summed E-state index contributed by atoms with van der Waals surface area (Å²) in [7, 11) is 1.69. The number of methoxy groups -OCH3 is 1. The fourth-order valence-electron chi connectivity index (χ4n) is 2.04. The Morgan fingerprint density at radius 3 is 2.47 bits per heavy atom. The lowest BCUT2D eigenvalue weighted by molar-refractivity contribution is 0.158. The molecule has 1 aromatic rings. The molecule has 0 bridgehead atoms. The Morgan fingerprint density at radius 1 is 1.32 bits per heavy atom. The average molecular weight is 265 g/mol. The summed E-state index contributed by atoms with van der Waals surface area (Å²) in [5.74, 6) is 8.41. The number of nitrogens with one attached hydrogen (secondary N) is 2. The minimum Gasteiger partial charge on any atom is -0.382 e. The first-order valence-electron chi connectivity index (χ1n) is 6.59. The summed E-state index contributed by atoms with van der Waals surface area (Å²) in [6.45, 7) is 6.70. The Balaban J connectivity index is 2.29. The molecule has 106 valence electrons. The van der Waals surface area contributed by atoms with Crippen LogP contribution in [0.1, 0.15) is 44.0 Å². The number of ether oxygens (including phenoxy) is 1. The van der Waals surface area contributed by atoms with Crippen molar-refractivity contribution in [1.82, 2.24) is 9.97 Å². The average Bonchev–Trinajstić information content (AvgIpc) is 3.15. The van der Waals surface area contributed by atoms with Gasteiger partial charge < -0.3 is 15.5 Å². The van der Waals surface area contributed by atoms with Gasteiger partial charge in [0.1, 0.15) is 17.5 Å². The smallest absolute Gasteiger partial charge is 0.148 e. The topological polar surface area (TPSA) is 85.1 Å². The highest BCUT2D eigenvalue weighted by Gasteiger charge is 2.29. The molecule has 1 fully saturated rings. The molecule has 0 aliphatic heterocycles. The fraction of sp³-hybridized carbons (Fsp3) is 0.692. The van der Waals surface area contributed by atoms with E-state index in [1.165, 1.54) is 0 Å². The van der Waals surface area contributed by atoms with Gasteiger partial charge in [0, 0.05) is 18.6 Å². The number of hydrogen-bond acceptors (Lipinski definition) is 6. The van der Waals surface area contributed by atoms with E-state index in [9.17, 15) is 0 Å². The quantitative estimate of drug-likeness (QED) is 0.537. The van der Waals surface area contributed by atoms with E-state index in [1.807, 2.05) is 6.92 Å². The molecule has 0 unspecified atom stereocenters. The van der Waals surface area contributed by atoms with Gasteiger partial charge in [0.05, 0.1) is 12.1 Å². The van der Waals surface area contributed by atoms with Crippen LogP contribution in [0.2, 0.25) is 0 Å². The van der Waals surface area contributed by atoms with Crippen LogP contribution in [0, 0.1) is 6.92 Å². The summed E-state index contributed by atoms with van der Waals surface area (Å²) in [4.78, 5) is 9.11. The largest absolute Gasteiger partial charge is 0.382 e. The van der Waals surface area contributed by atoms with E-state index in [2.05, 4.69) is 34.6 Å². The molecule has 1 saturated carbocycles. The third-order valence-corrected chi connectivity index (χ3v) is 3.20. The van der Waals surface area contributed by atoms with E-state index in [-0.39, 0.29) is 5.54 Å². The number of hydrogen-bond donors (Lipinski definition) is 3. The van der Waals surface area contributed by atoms with Crippen molar-refractivity contribution >= 4 is 11.6 Å². The van der Waals surface area contributed by atoms with Crippen LogP contribution >= 0.6 is 0 Å². The van der Waals surface area contributed by atoms with E-state index >= 15 is 0 Å². The van der Waals surface area contributed by atoms with Crippen LogP contribution in [0.5, 0.6) is 0 Å². The summed E-state index contributed by atoms with van der Waals surface area (Å²) in [5.41, 5.74) is 3.39. The highest BCUT2D eigenvalue weighted by atomic mass is 16.5. The molecule has 4 N–H and O–H groups in total. The van der Waals surface area contributed by atoms with Gasteiger partial charge in [-0.1, -0.05) is 0 Å². The molecule has 0 aromatic carbocycles. The number of hydrazine groups is 1. The van der Waals surface area contributed by atoms with Crippen LogP contribution in [-0.2, 0) is 4.74 Å². The van der Waals surface area contributed by atoms with Crippen molar-refractivity contribution in [3.8, 4) is 0 Å². The molecule has 0 spiro atoms. The minimum atomic E-state index is -0.194. The van der Waals surface area contributed by atoms with E-state index in [4.69, 9.17) is 10.6 Å². The fourth-order valence-corrected chi connectivity index (χ4v) is 2.04. The zero-order valence-electron chi connectivity index (χ0n) is 12.1. The number of rotatable bonds is 6. The maximum absolute atomic E-state index is 5.54. The van der Waals surface area contributed by atoms with Crippen molar-refractivity contribution in [3.05, 3.63) is 11.4 Å². The lowest BCUT2D eigenvalue weighted by atomic mass is 10.1. The zero-order valence-corrected chi connectivity index (χ0v) is 12.1. The van der Waals surface area contributed by atoms with Crippen LogP contribution in [0.4, 0.5) is 11.6 Å². The number of nitrogens with two attached hydrogens (primary N) is 1. The molecule has 1 aromatic heterocycles. The second kappa shape index (κ2) is 5.30. The third kappa shape index (κ3) is 3.33. The Labute approximate surface area is 114 Å². The minimum absolute atomic E-state index is 0.194. The standard InChI is InChI=1S/C13H23N5O/c1-8-10(17-13(2,3)7-19-4)15-12(9-5-6-9)16-11(8)18-14/h9H,5-7,14H2,1-4H3,(H2,15,16,17,18). The predicted molar refractivity (Wildman–Crippen MR) is 76.1 cm³/mol. The second-order valence-electron chi connectivity index (χ2n) is 5.76. The second-order valence-corrected chi connectivity index (χ2v) is 5.76. The first-order valence-corrected chi connectivity index (χ1v) is 6.59. The molecule has 2 rings (SSSR count). The lowest BCUT2D eigenvalue weighted by Gasteiger charge is -2.27. The summed E-state index contributed by atoms with van der Waals surface area (Å²) in [6, 6.07) is 0. The van der Waals surface area contributed by atoms with E-state index in [0.29, 0.717) is 18.3 Å². The maximum Gasteiger partial charge on any atom is 0.148 e. The first kappa shape index (κ1) is 14.0. The molecule has 1 heterocycles. The highest BCUT2D eigenvalue weighted by molar-refractivity contribution is 5.58. The monoisotopic (exact) mass is 265 g/mol. The van der Waals surface area contributed by atoms with Gasteiger partial charge in [-0.15, -0.1) is 0 Å². The van der Waals surface area contributed by atoms with Crippen LogP contribution < -0.4 is 16.6 Å². The van der Waals surface area contributed by atoms with E-state index in [0.717, 1.165) is 30.0 Å². The molecular formula is C13H23N5O. The number of nitrogen functional groups attached to an aromatic ring is 1. The maximum atomic E-state index is 5.54. The van der Waals surface area contributed by atoms with Crippen LogP contribution in [0.3, 0.4) is 0 Å². The van der Waals surface area contributed by atoms with Gasteiger partial charge in [0.2, 0.25) is 0 Å². The van der Waals surface area contributed by atoms with Gasteiger partial charge in [-0.25, -0.2) is 15.8 Å². The van der Waals surface area contributed by atoms with Crippen molar-refractivity contribution in [2.75, 3.05) is 24.5 Å². The van der Waals surface area contributed by atoms with Gasteiger partial charge in [0.15, 0.2) is 0 Å². The molecule has 0 radical (unpaired) electrons. The molecule has 0 saturated heterocycles. The summed E-state index contributed by atoms with van der Waals surface area (Å²) in [5, 5.41) is 3.41. The van der Waals surface area contributed by atoms with Gasteiger partial charge in [-0.05, 0) is 33.6 Å². The Bertz CT molecular complexity index is 457. The van der Waals surface area contributed by atoms with Gasteiger partial charge >= 0.3 is 0 Å². The van der Waals surface area contributed by atoms with Crippen molar-refractivity contribution in [2.24, 2.45) is 5.84 Å². The molecule has 1 aliphatic carbocycles. The van der Waals surface area contributed by atoms with Gasteiger partial charge in [0.25, 0.3) is 0 Å². The van der Waals surface area contributed by atoms with Crippen molar-refractivity contribution in [2.45, 2.75) is 45.1 Å². The molecule has 6 nitrogen and oxygen atoms in total. The van der Waals surface area contributed by atoms with Gasteiger partial charge in [-0.2, -0.15) is 0 Å². The molecule has 0 amide bonds. The molecule has 6 heteroatoms. The van der Waals surface area contributed by atoms with Crippen LogP contribution in [0.25, 0.3) is 0 Å². The first-order chi connectivity index (χ1) is 8.96. The van der Waals surface area contributed by atoms with E-state index < -0.39 is 0 Å².